The highest BCUT2D eigenvalue weighted by Gasteiger charge is 2.13. The molecule has 1 aromatic rings. The van der Waals surface area contributed by atoms with Crippen LogP contribution in [0, 0.1) is 6.92 Å². The van der Waals surface area contributed by atoms with Crippen molar-refractivity contribution in [3.05, 3.63) is 23.8 Å². The van der Waals surface area contributed by atoms with Crippen molar-refractivity contribution in [2.45, 2.75) is 20.3 Å². The van der Waals surface area contributed by atoms with Crippen LogP contribution in [-0.4, -0.2) is 37.2 Å². The number of hydrogen-bond donors (Lipinski definition) is 2. The molecule has 0 aliphatic rings. The summed E-state index contributed by atoms with van der Waals surface area (Å²) in [4.78, 5) is 0. The van der Waals surface area contributed by atoms with Crippen molar-refractivity contribution in [2.24, 2.45) is 0 Å². The lowest BCUT2D eigenvalue weighted by Gasteiger charge is -2.11. The first-order chi connectivity index (χ1) is 8.63. The van der Waals surface area contributed by atoms with Crippen molar-refractivity contribution in [3.8, 4) is 11.5 Å². The van der Waals surface area contributed by atoms with Crippen LogP contribution in [0.4, 0.5) is 0 Å². The second-order valence-electron chi connectivity index (χ2n) is 3.83. The second kappa shape index (κ2) is 7.97. The van der Waals surface area contributed by atoms with E-state index in [1.54, 1.807) is 25.1 Å². The average molecular weight is 254 g/mol. The zero-order chi connectivity index (χ0) is 13.4. The van der Waals surface area contributed by atoms with Gasteiger partial charge in [-0.3, -0.25) is 0 Å². The van der Waals surface area contributed by atoms with Crippen LogP contribution >= 0.6 is 0 Å². The molecule has 0 spiro atoms. The van der Waals surface area contributed by atoms with Gasteiger partial charge in [-0.15, -0.1) is 0 Å². The summed E-state index contributed by atoms with van der Waals surface area (Å²) in [5, 5.41) is 17.4. The molecule has 0 aromatic heterocycles. The molecular weight excluding hydrogens is 235 g/mol. The van der Waals surface area contributed by atoms with E-state index >= 15 is 0 Å². The monoisotopic (exact) mass is 254 g/mol. The first-order valence-electron chi connectivity index (χ1n) is 5.97. The Bertz CT molecular complexity index is 356. The molecule has 0 radical (unpaired) electrons. The second-order valence-corrected chi connectivity index (χ2v) is 3.83. The van der Waals surface area contributed by atoms with Crippen LogP contribution in [0.15, 0.2) is 18.2 Å². The van der Waals surface area contributed by atoms with Gasteiger partial charge in [0.25, 0.3) is 0 Å². The lowest BCUT2D eigenvalue weighted by atomic mass is 10.2. The molecule has 0 fully saturated rings. The Morgan fingerprint density at radius 3 is 2.56 bits per heavy atom. The van der Waals surface area contributed by atoms with Crippen LogP contribution in [-0.2, 0) is 4.74 Å². The van der Waals surface area contributed by atoms with Gasteiger partial charge in [0.15, 0.2) is 0 Å². The van der Waals surface area contributed by atoms with E-state index in [1.807, 2.05) is 0 Å². The maximum atomic E-state index is 8.71. The summed E-state index contributed by atoms with van der Waals surface area (Å²) in [5.74, 6) is 1.12. The van der Waals surface area contributed by atoms with E-state index in [1.165, 1.54) is 0 Å². The minimum absolute atomic E-state index is 0.416. The Hall–Kier alpha value is -1.24. The van der Waals surface area contributed by atoms with Crippen molar-refractivity contribution < 1.29 is 24.2 Å². The maximum Gasteiger partial charge on any atom is 0.707 e. The van der Waals surface area contributed by atoms with Gasteiger partial charge >= 0.3 is 7.32 Å². The van der Waals surface area contributed by atoms with Crippen molar-refractivity contribution in [2.75, 3.05) is 19.8 Å². The van der Waals surface area contributed by atoms with Crippen molar-refractivity contribution in [1.29, 1.82) is 0 Å². The Labute approximate surface area is 107 Å². The highest BCUT2D eigenvalue weighted by molar-refractivity contribution is 6.33. The largest absolute Gasteiger partial charge is 0.707 e. The lowest BCUT2D eigenvalue weighted by Crippen LogP contribution is -2.21. The molecule has 0 saturated heterocycles. The van der Waals surface area contributed by atoms with E-state index in [0.29, 0.717) is 24.7 Å². The first kappa shape index (κ1) is 14.8. The molecule has 0 atom stereocenters. The van der Waals surface area contributed by atoms with Crippen LogP contribution in [0.3, 0.4) is 0 Å². The molecule has 1 aromatic carbocycles. The van der Waals surface area contributed by atoms with Gasteiger partial charge in [0, 0.05) is 6.61 Å². The summed E-state index contributed by atoms with van der Waals surface area (Å²) in [5.41, 5.74) is 0.773. The zero-order valence-electron chi connectivity index (χ0n) is 10.8. The topological polar surface area (TPSA) is 68.2 Å². The molecule has 2 N–H and O–H groups in total. The summed E-state index contributed by atoms with van der Waals surface area (Å²) in [7, 11) is -1.81. The highest BCUT2D eigenvalue weighted by Crippen LogP contribution is 2.23. The van der Waals surface area contributed by atoms with Gasteiger partial charge in [0.2, 0.25) is 0 Å². The molecule has 1 rings (SSSR count). The molecular formula is C12H19BO5. The van der Waals surface area contributed by atoms with Crippen LogP contribution in [0.5, 0.6) is 11.5 Å². The van der Waals surface area contributed by atoms with E-state index in [9.17, 15) is 0 Å². The zero-order valence-corrected chi connectivity index (χ0v) is 10.8. The van der Waals surface area contributed by atoms with Gasteiger partial charge in [-0.1, -0.05) is 6.92 Å². The SMILES string of the molecule is CCCOCCOc1ccc(OB(O)O)c(C)c1. The molecule has 5 nitrogen and oxygen atoms in total. The molecule has 18 heavy (non-hydrogen) atoms. The van der Waals surface area contributed by atoms with Gasteiger partial charge < -0.3 is 24.2 Å². The van der Waals surface area contributed by atoms with Crippen LogP contribution in [0.2, 0.25) is 0 Å². The predicted octanol–water partition coefficient (Wildman–Crippen LogP) is 1.15. The summed E-state index contributed by atoms with van der Waals surface area (Å²) < 4.78 is 15.6. The molecule has 6 heteroatoms. The van der Waals surface area contributed by atoms with Gasteiger partial charge in [-0.05, 0) is 37.1 Å². The maximum absolute atomic E-state index is 8.71. The Morgan fingerprint density at radius 1 is 1.17 bits per heavy atom. The number of benzene rings is 1. The minimum Gasteiger partial charge on any atom is -0.512 e. The van der Waals surface area contributed by atoms with Crippen molar-refractivity contribution in [1.82, 2.24) is 0 Å². The van der Waals surface area contributed by atoms with E-state index in [4.69, 9.17) is 24.2 Å². The van der Waals surface area contributed by atoms with Crippen LogP contribution < -0.4 is 9.39 Å². The summed E-state index contributed by atoms with van der Waals surface area (Å²) >= 11 is 0. The van der Waals surface area contributed by atoms with Gasteiger partial charge in [-0.25, -0.2) is 0 Å². The fraction of sp³-hybridized carbons (Fsp3) is 0.500. The Morgan fingerprint density at radius 2 is 1.94 bits per heavy atom. The third-order valence-corrected chi connectivity index (χ3v) is 2.22. The lowest BCUT2D eigenvalue weighted by molar-refractivity contribution is 0.101. The quantitative estimate of drug-likeness (QED) is 0.538. The van der Waals surface area contributed by atoms with E-state index in [-0.39, 0.29) is 0 Å². The van der Waals surface area contributed by atoms with Crippen molar-refractivity contribution in [3.63, 3.8) is 0 Å². The first-order valence-corrected chi connectivity index (χ1v) is 5.97. The number of rotatable bonds is 8. The third-order valence-electron chi connectivity index (χ3n) is 2.22. The molecule has 0 unspecified atom stereocenters. The van der Waals surface area contributed by atoms with Crippen LogP contribution in [0.25, 0.3) is 0 Å². The fourth-order valence-corrected chi connectivity index (χ4v) is 1.42. The Balaban J connectivity index is 2.41. The van der Waals surface area contributed by atoms with E-state index < -0.39 is 7.32 Å². The average Bonchev–Trinajstić information content (AvgIpc) is 2.32. The number of aryl methyl sites for hydroxylation is 1. The van der Waals surface area contributed by atoms with Gasteiger partial charge in [0.1, 0.15) is 18.1 Å². The molecule has 0 aliphatic carbocycles. The van der Waals surface area contributed by atoms with Crippen LogP contribution in [0.1, 0.15) is 18.9 Å². The predicted molar refractivity (Wildman–Crippen MR) is 68.6 cm³/mol. The summed E-state index contributed by atoms with van der Waals surface area (Å²) in [6.07, 6.45) is 0.995. The van der Waals surface area contributed by atoms with E-state index in [2.05, 4.69) is 6.92 Å². The Kier molecular flexibility index (Phi) is 6.56. The molecule has 100 valence electrons. The fourth-order valence-electron chi connectivity index (χ4n) is 1.42. The van der Waals surface area contributed by atoms with E-state index in [0.717, 1.165) is 18.6 Å². The summed E-state index contributed by atoms with van der Waals surface area (Å²) in [6.45, 7) is 5.64. The number of hydrogen-bond acceptors (Lipinski definition) is 5. The third kappa shape index (κ3) is 5.40. The highest BCUT2D eigenvalue weighted by atomic mass is 16.6. The van der Waals surface area contributed by atoms with Crippen molar-refractivity contribution >= 4 is 7.32 Å². The van der Waals surface area contributed by atoms with Gasteiger partial charge in [-0.2, -0.15) is 0 Å². The molecule has 0 saturated carbocycles. The molecule has 0 heterocycles. The molecule has 0 aliphatic heterocycles. The standard InChI is InChI=1S/C12H19BO5/c1-3-6-16-7-8-17-11-4-5-12(10(2)9-11)18-13(14)15/h4-5,9,14-15H,3,6-8H2,1-2H3. The normalized spacial score (nSPS) is 10.2. The molecule has 0 bridgehead atoms. The minimum atomic E-state index is -1.81. The summed E-state index contributed by atoms with van der Waals surface area (Å²) in [6, 6.07) is 5.12. The smallest absolute Gasteiger partial charge is 0.512 e. The number of ether oxygens (including phenoxy) is 2. The molecule has 0 amide bonds. The van der Waals surface area contributed by atoms with Gasteiger partial charge in [0.05, 0.1) is 6.61 Å².